The second-order valence-corrected chi connectivity index (χ2v) is 8.70. The molecule has 0 spiro atoms. The number of carbonyl (C=O) groups is 1. The van der Waals surface area contributed by atoms with E-state index in [-0.39, 0.29) is 10.8 Å². The van der Waals surface area contributed by atoms with E-state index in [0.717, 1.165) is 30.4 Å². The number of piperidine rings is 1. The summed E-state index contributed by atoms with van der Waals surface area (Å²) in [5, 5.41) is 2.84. The molecule has 1 N–H and O–H groups in total. The van der Waals surface area contributed by atoms with E-state index in [2.05, 4.69) is 5.32 Å². The van der Waals surface area contributed by atoms with Crippen molar-refractivity contribution in [1.82, 2.24) is 4.31 Å². The van der Waals surface area contributed by atoms with Crippen molar-refractivity contribution >= 4 is 21.6 Å². The molecule has 0 aliphatic carbocycles. The second kappa shape index (κ2) is 7.60. The Kier molecular flexibility index (Phi) is 5.44. The van der Waals surface area contributed by atoms with Crippen LogP contribution < -0.4 is 5.32 Å². The number of rotatable bonds is 4. The molecule has 2 aromatic carbocycles. The highest BCUT2D eigenvalue weighted by atomic mass is 32.2. The number of sulfonamides is 1. The second-order valence-electron chi connectivity index (χ2n) is 6.76. The SMILES string of the molecule is Cc1ccc(C)c(C(=O)Nc2ccc(S(=O)(=O)N3CCCCC3)cc2)c1. The number of nitrogens with zero attached hydrogens (tertiary/aromatic N) is 1. The molecule has 1 amide bonds. The van der Waals surface area contributed by atoms with Crippen molar-refractivity contribution in [3.63, 3.8) is 0 Å². The van der Waals surface area contributed by atoms with Crippen molar-refractivity contribution in [3.8, 4) is 0 Å². The first-order valence-electron chi connectivity index (χ1n) is 8.87. The van der Waals surface area contributed by atoms with Gasteiger partial charge in [-0.3, -0.25) is 4.79 Å². The quantitative estimate of drug-likeness (QED) is 0.889. The van der Waals surface area contributed by atoms with Crippen LogP contribution in [0.3, 0.4) is 0 Å². The predicted molar refractivity (Wildman–Crippen MR) is 103 cm³/mol. The predicted octanol–water partition coefficient (Wildman–Crippen LogP) is 3.73. The molecule has 1 fully saturated rings. The van der Waals surface area contributed by atoms with Gasteiger partial charge in [-0.2, -0.15) is 4.31 Å². The highest BCUT2D eigenvalue weighted by Gasteiger charge is 2.25. The molecule has 2 aromatic rings. The Morgan fingerprint density at radius 1 is 0.962 bits per heavy atom. The molecular weight excluding hydrogens is 348 g/mol. The van der Waals surface area contributed by atoms with Gasteiger partial charge in [0.25, 0.3) is 5.91 Å². The Labute approximate surface area is 155 Å². The van der Waals surface area contributed by atoms with Gasteiger partial charge in [0.1, 0.15) is 0 Å². The van der Waals surface area contributed by atoms with Gasteiger partial charge in [-0.15, -0.1) is 0 Å². The molecular formula is C20H24N2O3S. The first-order valence-corrected chi connectivity index (χ1v) is 10.3. The largest absolute Gasteiger partial charge is 0.322 e. The molecule has 1 aliphatic heterocycles. The average molecular weight is 372 g/mol. The highest BCUT2D eigenvalue weighted by molar-refractivity contribution is 7.89. The molecule has 0 bridgehead atoms. The summed E-state index contributed by atoms with van der Waals surface area (Å²) in [5.74, 6) is -0.196. The highest BCUT2D eigenvalue weighted by Crippen LogP contribution is 2.22. The van der Waals surface area contributed by atoms with Crippen LogP contribution in [0.2, 0.25) is 0 Å². The summed E-state index contributed by atoms with van der Waals surface area (Å²) in [7, 11) is -3.45. The minimum absolute atomic E-state index is 0.196. The fraction of sp³-hybridized carbons (Fsp3) is 0.350. The molecule has 1 heterocycles. The number of hydrogen-bond donors (Lipinski definition) is 1. The third kappa shape index (κ3) is 3.97. The van der Waals surface area contributed by atoms with E-state index >= 15 is 0 Å². The third-order valence-electron chi connectivity index (χ3n) is 4.70. The topological polar surface area (TPSA) is 66.5 Å². The van der Waals surface area contributed by atoms with Gasteiger partial charge in [-0.05, 0) is 62.6 Å². The van der Waals surface area contributed by atoms with E-state index in [0.29, 0.717) is 24.3 Å². The van der Waals surface area contributed by atoms with Crippen molar-refractivity contribution < 1.29 is 13.2 Å². The first-order chi connectivity index (χ1) is 12.4. The number of nitrogens with one attached hydrogen (secondary N) is 1. The number of amides is 1. The molecule has 0 radical (unpaired) electrons. The van der Waals surface area contributed by atoms with Gasteiger partial charge in [0.2, 0.25) is 10.0 Å². The van der Waals surface area contributed by atoms with Gasteiger partial charge in [-0.1, -0.05) is 24.1 Å². The molecule has 5 nitrogen and oxygen atoms in total. The molecule has 1 aliphatic rings. The van der Waals surface area contributed by atoms with Gasteiger partial charge in [-0.25, -0.2) is 8.42 Å². The van der Waals surface area contributed by atoms with E-state index in [1.165, 1.54) is 0 Å². The summed E-state index contributed by atoms with van der Waals surface area (Å²) in [4.78, 5) is 12.7. The number of hydrogen-bond acceptors (Lipinski definition) is 3. The van der Waals surface area contributed by atoms with Crippen LogP contribution in [-0.4, -0.2) is 31.7 Å². The summed E-state index contributed by atoms with van der Waals surface area (Å²) in [5.41, 5.74) is 3.12. The summed E-state index contributed by atoms with van der Waals surface area (Å²) in [6.07, 6.45) is 2.89. The fourth-order valence-electron chi connectivity index (χ4n) is 3.14. The molecule has 0 aromatic heterocycles. The van der Waals surface area contributed by atoms with E-state index in [1.54, 1.807) is 28.6 Å². The van der Waals surface area contributed by atoms with Crippen LogP contribution in [0, 0.1) is 13.8 Å². The molecule has 3 rings (SSSR count). The van der Waals surface area contributed by atoms with Crippen molar-refractivity contribution in [2.45, 2.75) is 38.0 Å². The standard InChI is InChI=1S/C20H24N2O3S/c1-15-6-7-16(2)19(14-15)20(23)21-17-8-10-18(11-9-17)26(24,25)22-12-4-3-5-13-22/h6-11,14H,3-5,12-13H2,1-2H3,(H,21,23). The Balaban J connectivity index is 1.75. The zero-order chi connectivity index (χ0) is 18.7. The van der Waals surface area contributed by atoms with Gasteiger partial charge >= 0.3 is 0 Å². The van der Waals surface area contributed by atoms with Gasteiger partial charge in [0, 0.05) is 24.3 Å². The Morgan fingerprint density at radius 2 is 1.62 bits per heavy atom. The van der Waals surface area contributed by atoms with Gasteiger partial charge < -0.3 is 5.32 Å². The van der Waals surface area contributed by atoms with Crippen molar-refractivity contribution in [2.75, 3.05) is 18.4 Å². The zero-order valence-corrected chi connectivity index (χ0v) is 16.0. The Hall–Kier alpha value is -2.18. The van der Waals surface area contributed by atoms with E-state index < -0.39 is 10.0 Å². The van der Waals surface area contributed by atoms with Crippen LogP contribution in [-0.2, 0) is 10.0 Å². The van der Waals surface area contributed by atoms with Crippen LogP contribution >= 0.6 is 0 Å². The minimum Gasteiger partial charge on any atom is -0.322 e. The maximum atomic E-state index is 12.7. The lowest BCUT2D eigenvalue weighted by Gasteiger charge is -2.25. The van der Waals surface area contributed by atoms with E-state index in [9.17, 15) is 13.2 Å². The molecule has 0 saturated carbocycles. The maximum Gasteiger partial charge on any atom is 0.255 e. The van der Waals surface area contributed by atoms with E-state index in [4.69, 9.17) is 0 Å². The van der Waals surface area contributed by atoms with Crippen molar-refractivity contribution in [2.24, 2.45) is 0 Å². The molecule has 0 atom stereocenters. The molecule has 26 heavy (non-hydrogen) atoms. The summed E-state index contributed by atoms with van der Waals surface area (Å²) < 4.78 is 26.9. The first kappa shape index (κ1) is 18.6. The zero-order valence-electron chi connectivity index (χ0n) is 15.2. The van der Waals surface area contributed by atoms with Crippen LogP contribution in [0.25, 0.3) is 0 Å². The third-order valence-corrected chi connectivity index (χ3v) is 6.62. The van der Waals surface area contributed by atoms with Crippen molar-refractivity contribution in [1.29, 1.82) is 0 Å². The number of carbonyl (C=O) groups excluding carboxylic acids is 1. The van der Waals surface area contributed by atoms with Crippen LogP contribution in [0.5, 0.6) is 0 Å². The van der Waals surface area contributed by atoms with E-state index in [1.807, 2.05) is 32.0 Å². The summed E-state index contributed by atoms with van der Waals surface area (Å²) in [6.45, 7) is 4.99. The number of benzene rings is 2. The van der Waals surface area contributed by atoms with Crippen molar-refractivity contribution in [3.05, 3.63) is 59.2 Å². The smallest absolute Gasteiger partial charge is 0.255 e. The van der Waals surface area contributed by atoms with Crippen LogP contribution in [0.1, 0.15) is 40.7 Å². The lowest BCUT2D eigenvalue weighted by atomic mass is 10.1. The van der Waals surface area contributed by atoms with Crippen LogP contribution in [0.15, 0.2) is 47.4 Å². The Bertz CT molecular complexity index is 899. The van der Waals surface area contributed by atoms with Gasteiger partial charge in [0.15, 0.2) is 0 Å². The lowest BCUT2D eigenvalue weighted by Crippen LogP contribution is -2.35. The lowest BCUT2D eigenvalue weighted by molar-refractivity contribution is 0.102. The summed E-state index contributed by atoms with van der Waals surface area (Å²) >= 11 is 0. The summed E-state index contributed by atoms with van der Waals surface area (Å²) in [6, 6.07) is 12.1. The minimum atomic E-state index is -3.45. The Morgan fingerprint density at radius 3 is 2.27 bits per heavy atom. The molecule has 0 unspecified atom stereocenters. The average Bonchev–Trinajstić information content (AvgIpc) is 2.65. The maximum absolute atomic E-state index is 12.7. The number of aryl methyl sites for hydroxylation is 2. The molecule has 6 heteroatoms. The molecule has 1 saturated heterocycles. The normalized spacial score (nSPS) is 15.6. The molecule has 138 valence electrons. The van der Waals surface area contributed by atoms with Crippen LogP contribution in [0.4, 0.5) is 5.69 Å². The fourth-order valence-corrected chi connectivity index (χ4v) is 4.66. The van der Waals surface area contributed by atoms with Gasteiger partial charge in [0.05, 0.1) is 4.90 Å². The monoisotopic (exact) mass is 372 g/mol. The number of anilines is 1.